The van der Waals surface area contributed by atoms with E-state index >= 15 is 0 Å². The number of urea groups is 1. The van der Waals surface area contributed by atoms with Gasteiger partial charge in [-0.3, -0.25) is 4.90 Å². The van der Waals surface area contributed by atoms with Crippen LogP contribution in [0.4, 0.5) is 4.79 Å². The van der Waals surface area contributed by atoms with Crippen molar-refractivity contribution in [2.24, 2.45) is 5.73 Å². The summed E-state index contributed by atoms with van der Waals surface area (Å²) < 4.78 is 0. The maximum Gasteiger partial charge on any atom is 0.313 e. The molecule has 1 aliphatic rings. The lowest BCUT2D eigenvalue weighted by atomic mass is 10.1. The summed E-state index contributed by atoms with van der Waals surface area (Å²) in [5, 5.41) is 2.70. The third-order valence-electron chi connectivity index (χ3n) is 2.08. The summed E-state index contributed by atoms with van der Waals surface area (Å²) in [7, 11) is 2.00. The van der Waals surface area contributed by atoms with Crippen LogP contribution in [0.2, 0.25) is 0 Å². The topological polar surface area (TPSA) is 58.4 Å². The first kappa shape index (κ1) is 8.33. The lowest BCUT2D eigenvalue weighted by Crippen LogP contribution is -2.50. The fourth-order valence-electron chi connectivity index (χ4n) is 1.42. The van der Waals surface area contributed by atoms with E-state index in [0.717, 1.165) is 13.0 Å². The molecule has 3 N–H and O–H groups in total. The van der Waals surface area contributed by atoms with E-state index in [4.69, 9.17) is 5.73 Å². The van der Waals surface area contributed by atoms with Gasteiger partial charge in [-0.2, -0.15) is 0 Å². The van der Waals surface area contributed by atoms with Crippen molar-refractivity contribution in [3.05, 3.63) is 0 Å². The second kappa shape index (κ2) is 3.57. The number of carbonyl (C=O) groups is 1. The smallest absolute Gasteiger partial charge is 0.313 e. The zero-order chi connectivity index (χ0) is 8.27. The van der Waals surface area contributed by atoms with Gasteiger partial charge in [-0.15, -0.1) is 0 Å². The molecule has 1 heterocycles. The van der Waals surface area contributed by atoms with Gasteiger partial charge in [0.25, 0.3) is 0 Å². The molecule has 0 aromatic rings. The van der Waals surface area contributed by atoms with Gasteiger partial charge in [-0.1, -0.05) is 0 Å². The molecular weight excluding hydrogens is 142 g/mol. The standard InChI is InChI=1S/C7H15N3O/c1-10-5-3-2-4-6(10)9-7(8)11/h6H,2-5H2,1H3,(H3,8,9,11). The molecule has 1 aliphatic heterocycles. The molecule has 1 atom stereocenters. The number of rotatable bonds is 1. The normalized spacial score (nSPS) is 26.5. The molecule has 0 bridgehead atoms. The Hall–Kier alpha value is -0.770. The van der Waals surface area contributed by atoms with Crippen molar-refractivity contribution in [1.29, 1.82) is 0 Å². The summed E-state index contributed by atoms with van der Waals surface area (Å²) in [6.07, 6.45) is 3.56. The Labute approximate surface area is 66.7 Å². The van der Waals surface area contributed by atoms with Gasteiger partial charge in [0.1, 0.15) is 0 Å². The predicted molar refractivity (Wildman–Crippen MR) is 43.0 cm³/mol. The van der Waals surface area contributed by atoms with Crippen molar-refractivity contribution in [2.75, 3.05) is 13.6 Å². The molecule has 11 heavy (non-hydrogen) atoms. The van der Waals surface area contributed by atoms with Crippen LogP contribution in [0.15, 0.2) is 0 Å². The molecule has 4 heteroatoms. The van der Waals surface area contributed by atoms with Crippen LogP contribution in [0.1, 0.15) is 19.3 Å². The van der Waals surface area contributed by atoms with Gasteiger partial charge in [0, 0.05) is 0 Å². The highest BCUT2D eigenvalue weighted by Crippen LogP contribution is 2.11. The summed E-state index contributed by atoms with van der Waals surface area (Å²) in [5.41, 5.74) is 5.01. The van der Waals surface area contributed by atoms with Crippen LogP contribution in [-0.4, -0.2) is 30.7 Å². The number of primary amides is 1. The van der Waals surface area contributed by atoms with E-state index in [2.05, 4.69) is 10.2 Å². The van der Waals surface area contributed by atoms with Crippen molar-refractivity contribution in [3.8, 4) is 0 Å². The Kier molecular flexibility index (Phi) is 2.70. The van der Waals surface area contributed by atoms with Gasteiger partial charge >= 0.3 is 6.03 Å². The van der Waals surface area contributed by atoms with Crippen LogP contribution in [-0.2, 0) is 0 Å². The number of amides is 2. The van der Waals surface area contributed by atoms with Gasteiger partial charge in [0.15, 0.2) is 0 Å². The predicted octanol–water partition coefficient (Wildman–Crippen LogP) is 0.0965. The lowest BCUT2D eigenvalue weighted by Gasteiger charge is -2.32. The zero-order valence-electron chi connectivity index (χ0n) is 6.84. The zero-order valence-corrected chi connectivity index (χ0v) is 6.84. The molecule has 0 aromatic heterocycles. The Morgan fingerprint density at radius 1 is 1.64 bits per heavy atom. The molecule has 4 nitrogen and oxygen atoms in total. The van der Waals surface area contributed by atoms with E-state index in [9.17, 15) is 4.79 Å². The minimum absolute atomic E-state index is 0.154. The molecule has 1 saturated heterocycles. The SMILES string of the molecule is CN1CCCCC1NC(N)=O. The Balaban J connectivity index is 2.35. The summed E-state index contributed by atoms with van der Waals surface area (Å²) in [5.74, 6) is 0. The fraction of sp³-hybridized carbons (Fsp3) is 0.857. The van der Waals surface area contributed by atoms with Gasteiger partial charge in [-0.05, 0) is 32.9 Å². The average molecular weight is 157 g/mol. The highest BCUT2D eigenvalue weighted by Gasteiger charge is 2.18. The number of piperidine rings is 1. The van der Waals surface area contributed by atoms with E-state index in [0.29, 0.717) is 0 Å². The number of nitrogens with zero attached hydrogens (tertiary/aromatic N) is 1. The fourth-order valence-corrected chi connectivity index (χ4v) is 1.42. The van der Waals surface area contributed by atoms with Crippen molar-refractivity contribution in [3.63, 3.8) is 0 Å². The first-order valence-electron chi connectivity index (χ1n) is 3.96. The molecule has 0 aliphatic carbocycles. The molecule has 0 saturated carbocycles. The number of hydrogen-bond acceptors (Lipinski definition) is 2. The maximum atomic E-state index is 10.5. The largest absolute Gasteiger partial charge is 0.352 e. The quantitative estimate of drug-likeness (QED) is 0.567. The van der Waals surface area contributed by atoms with Gasteiger partial charge in [0.05, 0.1) is 6.17 Å². The Morgan fingerprint density at radius 3 is 2.91 bits per heavy atom. The highest BCUT2D eigenvalue weighted by atomic mass is 16.2. The molecule has 2 amide bonds. The monoisotopic (exact) mass is 157 g/mol. The number of nitrogens with one attached hydrogen (secondary N) is 1. The summed E-state index contributed by atoms with van der Waals surface area (Å²) >= 11 is 0. The summed E-state index contributed by atoms with van der Waals surface area (Å²) in [6, 6.07) is -0.427. The molecule has 0 aromatic carbocycles. The highest BCUT2D eigenvalue weighted by molar-refractivity contribution is 5.71. The first-order chi connectivity index (χ1) is 5.20. The average Bonchev–Trinajstić information content (AvgIpc) is 1.93. The van der Waals surface area contributed by atoms with Crippen molar-refractivity contribution < 1.29 is 4.79 Å². The molecule has 0 radical (unpaired) electrons. The van der Waals surface area contributed by atoms with E-state index in [1.165, 1.54) is 12.8 Å². The number of hydrogen-bond donors (Lipinski definition) is 2. The summed E-state index contributed by atoms with van der Waals surface area (Å²) in [6.45, 7) is 1.05. The van der Waals surface area contributed by atoms with Gasteiger partial charge in [0.2, 0.25) is 0 Å². The Morgan fingerprint density at radius 2 is 2.36 bits per heavy atom. The van der Waals surface area contributed by atoms with E-state index in [-0.39, 0.29) is 6.17 Å². The van der Waals surface area contributed by atoms with Crippen molar-refractivity contribution in [1.82, 2.24) is 10.2 Å². The van der Waals surface area contributed by atoms with Crippen LogP contribution in [0, 0.1) is 0 Å². The van der Waals surface area contributed by atoms with E-state index < -0.39 is 6.03 Å². The number of nitrogens with two attached hydrogens (primary N) is 1. The van der Waals surface area contributed by atoms with E-state index in [1.54, 1.807) is 0 Å². The second-order valence-electron chi connectivity index (χ2n) is 3.00. The van der Waals surface area contributed by atoms with Gasteiger partial charge < -0.3 is 11.1 Å². The van der Waals surface area contributed by atoms with Crippen molar-refractivity contribution >= 4 is 6.03 Å². The number of likely N-dealkylation sites (tertiary alicyclic amines) is 1. The van der Waals surface area contributed by atoms with Crippen LogP contribution >= 0.6 is 0 Å². The maximum absolute atomic E-state index is 10.5. The molecular formula is C7H15N3O. The van der Waals surface area contributed by atoms with Crippen LogP contribution in [0.25, 0.3) is 0 Å². The molecule has 1 unspecified atom stereocenters. The van der Waals surface area contributed by atoms with Crippen LogP contribution in [0.3, 0.4) is 0 Å². The summed E-state index contributed by atoms with van der Waals surface area (Å²) in [4.78, 5) is 12.6. The van der Waals surface area contributed by atoms with Crippen LogP contribution in [0.5, 0.6) is 0 Å². The third kappa shape index (κ3) is 2.38. The van der Waals surface area contributed by atoms with Crippen molar-refractivity contribution in [2.45, 2.75) is 25.4 Å². The molecule has 0 spiro atoms. The van der Waals surface area contributed by atoms with Crippen LogP contribution < -0.4 is 11.1 Å². The van der Waals surface area contributed by atoms with Gasteiger partial charge in [-0.25, -0.2) is 4.79 Å². The second-order valence-corrected chi connectivity index (χ2v) is 3.00. The third-order valence-corrected chi connectivity index (χ3v) is 2.08. The van der Waals surface area contributed by atoms with E-state index in [1.807, 2.05) is 7.05 Å². The molecule has 64 valence electrons. The lowest BCUT2D eigenvalue weighted by molar-refractivity contribution is 0.157. The molecule has 1 fully saturated rings. The first-order valence-corrected chi connectivity index (χ1v) is 3.96. The Bertz CT molecular complexity index is 149. The molecule has 1 rings (SSSR count). The number of carbonyl (C=O) groups excluding carboxylic acids is 1. The minimum Gasteiger partial charge on any atom is -0.352 e. The minimum atomic E-state index is -0.427.